The van der Waals surface area contributed by atoms with Crippen molar-refractivity contribution in [2.75, 3.05) is 14.1 Å². The van der Waals surface area contributed by atoms with Crippen molar-refractivity contribution in [2.45, 2.75) is 52.0 Å². The van der Waals surface area contributed by atoms with E-state index in [4.69, 9.17) is 0 Å². The molecule has 1 nitrogen and oxygen atoms in total. The van der Waals surface area contributed by atoms with Crippen molar-refractivity contribution in [3.63, 3.8) is 0 Å². The van der Waals surface area contributed by atoms with Gasteiger partial charge in [-0.15, -0.1) is 0 Å². The average molecular weight is 157 g/mol. The van der Waals surface area contributed by atoms with Gasteiger partial charge in [0.05, 0.1) is 0 Å². The molecule has 0 radical (unpaired) electrons. The van der Waals surface area contributed by atoms with Crippen LogP contribution in [0, 0.1) is 0 Å². The molecular weight excluding hydrogens is 134 g/mol. The molecule has 0 aromatic rings. The average Bonchev–Trinajstić information content (AvgIpc) is 1.97. The highest BCUT2D eigenvalue weighted by Crippen LogP contribution is 2.10. The normalized spacial score (nSPS) is 13.9. The third-order valence-electron chi connectivity index (χ3n) is 2.24. The van der Waals surface area contributed by atoms with Gasteiger partial charge in [0.1, 0.15) is 0 Å². The molecule has 11 heavy (non-hydrogen) atoms. The second-order valence-electron chi connectivity index (χ2n) is 3.55. The number of nitrogens with zero attached hydrogens (tertiary/aromatic N) is 1. The van der Waals surface area contributed by atoms with Gasteiger partial charge in [-0.3, -0.25) is 0 Å². The summed E-state index contributed by atoms with van der Waals surface area (Å²) in [6, 6.07) is 0.819. The summed E-state index contributed by atoms with van der Waals surface area (Å²) in [4.78, 5) is 2.36. The first-order valence-electron chi connectivity index (χ1n) is 4.88. The molecule has 0 amide bonds. The Hall–Kier alpha value is -0.0400. The van der Waals surface area contributed by atoms with Crippen molar-refractivity contribution in [3.8, 4) is 0 Å². The zero-order valence-corrected chi connectivity index (χ0v) is 8.56. The van der Waals surface area contributed by atoms with Crippen LogP contribution in [0.15, 0.2) is 0 Å². The zero-order valence-electron chi connectivity index (χ0n) is 8.56. The Balaban J connectivity index is 3.51. The van der Waals surface area contributed by atoms with Crippen LogP contribution in [0.2, 0.25) is 0 Å². The number of hydrogen-bond donors (Lipinski definition) is 0. The molecule has 0 fully saturated rings. The standard InChI is InChI=1S/C10H23N/c1-5-7-9-10(8-6-2)11(3)4/h10H,5-9H2,1-4H3. The van der Waals surface area contributed by atoms with Crippen molar-refractivity contribution < 1.29 is 0 Å². The van der Waals surface area contributed by atoms with E-state index in [2.05, 4.69) is 32.8 Å². The van der Waals surface area contributed by atoms with Crippen LogP contribution in [-0.4, -0.2) is 25.0 Å². The Labute approximate surface area is 71.8 Å². The fraction of sp³-hybridized carbons (Fsp3) is 1.00. The van der Waals surface area contributed by atoms with Crippen LogP contribution in [0.4, 0.5) is 0 Å². The lowest BCUT2D eigenvalue weighted by molar-refractivity contribution is 0.257. The lowest BCUT2D eigenvalue weighted by atomic mass is 10.0. The van der Waals surface area contributed by atoms with Gasteiger partial charge in [0.15, 0.2) is 0 Å². The molecule has 1 atom stereocenters. The summed E-state index contributed by atoms with van der Waals surface area (Å²) in [5.41, 5.74) is 0. The van der Waals surface area contributed by atoms with Crippen molar-refractivity contribution in [2.24, 2.45) is 0 Å². The second kappa shape index (κ2) is 6.66. The van der Waals surface area contributed by atoms with Gasteiger partial charge in [-0.1, -0.05) is 33.1 Å². The van der Waals surface area contributed by atoms with E-state index in [1.165, 1.54) is 32.1 Å². The van der Waals surface area contributed by atoms with Gasteiger partial charge in [-0.2, -0.15) is 0 Å². The molecule has 0 saturated heterocycles. The predicted octanol–water partition coefficient (Wildman–Crippen LogP) is 2.91. The highest BCUT2D eigenvalue weighted by atomic mass is 15.1. The monoisotopic (exact) mass is 157 g/mol. The molecule has 0 bridgehead atoms. The van der Waals surface area contributed by atoms with Crippen molar-refractivity contribution in [1.29, 1.82) is 0 Å². The first-order valence-corrected chi connectivity index (χ1v) is 4.88. The Morgan fingerprint density at radius 3 is 2.00 bits per heavy atom. The largest absolute Gasteiger partial charge is 0.306 e. The molecule has 0 N–H and O–H groups in total. The minimum atomic E-state index is 0.819. The Bertz CT molecular complexity index is 78.9. The van der Waals surface area contributed by atoms with Crippen LogP contribution in [0.1, 0.15) is 46.0 Å². The molecule has 0 aliphatic rings. The molecule has 0 aliphatic carbocycles. The van der Waals surface area contributed by atoms with E-state index in [0.29, 0.717) is 0 Å². The third-order valence-corrected chi connectivity index (χ3v) is 2.24. The zero-order chi connectivity index (χ0) is 8.69. The maximum atomic E-state index is 2.36. The van der Waals surface area contributed by atoms with E-state index in [1.807, 2.05) is 0 Å². The topological polar surface area (TPSA) is 3.24 Å². The van der Waals surface area contributed by atoms with Gasteiger partial charge in [0.2, 0.25) is 0 Å². The van der Waals surface area contributed by atoms with Gasteiger partial charge in [0.25, 0.3) is 0 Å². The van der Waals surface area contributed by atoms with E-state index in [-0.39, 0.29) is 0 Å². The van der Waals surface area contributed by atoms with Crippen LogP contribution in [0.5, 0.6) is 0 Å². The maximum absolute atomic E-state index is 2.36. The van der Waals surface area contributed by atoms with E-state index in [9.17, 15) is 0 Å². The highest BCUT2D eigenvalue weighted by Gasteiger charge is 2.08. The van der Waals surface area contributed by atoms with Gasteiger partial charge >= 0.3 is 0 Å². The van der Waals surface area contributed by atoms with Gasteiger partial charge in [0, 0.05) is 6.04 Å². The molecule has 0 aromatic heterocycles. The molecule has 68 valence electrons. The summed E-state index contributed by atoms with van der Waals surface area (Å²) in [7, 11) is 4.38. The number of hydrogen-bond acceptors (Lipinski definition) is 1. The first kappa shape index (κ1) is 11.0. The van der Waals surface area contributed by atoms with Crippen LogP contribution in [0.3, 0.4) is 0 Å². The molecular formula is C10H23N. The highest BCUT2D eigenvalue weighted by molar-refractivity contribution is 4.64. The summed E-state index contributed by atoms with van der Waals surface area (Å²) in [6.45, 7) is 4.53. The molecule has 0 aliphatic heterocycles. The first-order chi connectivity index (χ1) is 5.22. The fourth-order valence-corrected chi connectivity index (χ4v) is 1.43. The van der Waals surface area contributed by atoms with Crippen molar-refractivity contribution in [3.05, 3.63) is 0 Å². The maximum Gasteiger partial charge on any atom is 0.00890 e. The minimum Gasteiger partial charge on any atom is -0.306 e. The fourth-order valence-electron chi connectivity index (χ4n) is 1.43. The Kier molecular flexibility index (Phi) is 6.63. The summed E-state index contributed by atoms with van der Waals surface area (Å²) in [5.74, 6) is 0. The van der Waals surface area contributed by atoms with Crippen LogP contribution in [0.25, 0.3) is 0 Å². The van der Waals surface area contributed by atoms with Crippen molar-refractivity contribution >= 4 is 0 Å². The molecule has 1 heteroatoms. The molecule has 0 heterocycles. The van der Waals surface area contributed by atoms with E-state index >= 15 is 0 Å². The lowest BCUT2D eigenvalue weighted by Gasteiger charge is -2.23. The number of rotatable bonds is 6. The SMILES string of the molecule is CCCCC(CCC)N(C)C. The summed E-state index contributed by atoms with van der Waals surface area (Å²) < 4.78 is 0. The smallest absolute Gasteiger partial charge is 0.00890 e. The lowest BCUT2D eigenvalue weighted by Crippen LogP contribution is -2.27. The number of unbranched alkanes of at least 4 members (excludes halogenated alkanes) is 1. The Morgan fingerprint density at radius 2 is 1.64 bits per heavy atom. The molecule has 0 aromatic carbocycles. The van der Waals surface area contributed by atoms with E-state index in [1.54, 1.807) is 0 Å². The second-order valence-corrected chi connectivity index (χ2v) is 3.55. The van der Waals surface area contributed by atoms with Gasteiger partial charge in [-0.05, 0) is 26.9 Å². The summed E-state index contributed by atoms with van der Waals surface area (Å²) in [6.07, 6.45) is 6.74. The van der Waals surface area contributed by atoms with Crippen LogP contribution < -0.4 is 0 Å². The molecule has 0 rings (SSSR count). The van der Waals surface area contributed by atoms with Crippen LogP contribution >= 0.6 is 0 Å². The van der Waals surface area contributed by atoms with Gasteiger partial charge in [-0.25, -0.2) is 0 Å². The molecule has 0 saturated carbocycles. The quantitative estimate of drug-likeness (QED) is 0.573. The van der Waals surface area contributed by atoms with Gasteiger partial charge < -0.3 is 4.90 Å². The molecule has 0 spiro atoms. The van der Waals surface area contributed by atoms with E-state index in [0.717, 1.165) is 6.04 Å². The summed E-state index contributed by atoms with van der Waals surface area (Å²) >= 11 is 0. The third kappa shape index (κ3) is 5.25. The van der Waals surface area contributed by atoms with Crippen molar-refractivity contribution in [1.82, 2.24) is 4.90 Å². The minimum absolute atomic E-state index is 0.819. The molecule has 1 unspecified atom stereocenters. The Morgan fingerprint density at radius 1 is 1.00 bits per heavy atom. The van der Waals surface area contributed by atoms with E-state index < -0.39 is 0 Å². The predicted molar refractivity (Wildman–Crippen MR) is 51.9 cm³/mol. The summed E-state index contributed by atoms with van der Waals surface area (Å²) in [5, 5.41) is 0. The van der Waals surface area contributed by atoms with Crippen LogP contribution in [-0.2, 0) is 0 Å².